The molecule has 1 fully saturated rings. The Morgan fingerprint density at radius 1 is 1.23 bits per heavy atom. The number of hydrogen-bond acceptors (Lipinski definition) is 4. The van der Waals surface area contributed by atoms with Crippen LogP contribution in [0.5, 0.6) is 0 Å². The second-order valence-corrected chi connectivity index (χ2v) is 10.00. The maximum atomic E-state index is 14.1. The van der Waals surface area contributed by atoms with Crippen molar-refractivity contribution in [3.05, 3.63) is 69.5 Å². The van der Waals surface area contributed by atoms with Crippen molar-refractivity contribution in [3.63, 3.8) is 0 Å². The summed E-state index contributed by atoms with van der Waals surface area (Å²) in [5.74, 6) is -0.757. The molecule has 3 rings (SSSR count). The highest BCUT2D eigenvalue weighted by molar-refractivity contribution is 7.85. The zero-order valence-electron chi connectivity index (χ0n) is 16.4. The fourth-order valence-electron chi connectivity index (χ4n) is 3.84. The van der Waals surface area contributed by atoms with Crippen molar-refractivity contribution in [2.45, 2.75) is 24.7 Å². The maximum Gasteiger partial charge on any atom is 0.264 e. The van der Waals surface area contributed by atoms with E-state index < -0.39 is 21.4 Å². The molecule has 0 aliphatic carbocycles. The minimum atomic E-state index is -3.58. The molecule has 162 valence electrons. The predicted octanol–water partition coefficient (Wildman–Crippen LogP) is 4.21. The van der Waals surface area contributed by atoms with E-state index in [9.17, 15) is 17.6 Å². The average Bonchev–Trinajstić information content (AvgIpc) is 3.09. The Hall–Kier alpha value is -1.67. The molecular weight excluding hydrogens is 452 g/mol. The predicted molar refractivity (Wildman–Crippen MR) is 115 cm³/mol. The van der Waals surface area contributed by atoms with E-state index in [2.05, 4.69) is 0 Å². The molecule has 0 N–H and O–H groups in total. The molecule has 1 aliphatic rings. The molecule has 0 saturated carbocycles. The number of carbonyl (C=O) groups is 1. The molecule has 0 aromatic heterocycles. The average molecular weight is 474 g/mol. The summed E-state index contributed by atoms with van der Waals surface area (Å²) >= 11 is 12.2. The molecule has 1 heterocycles. The minimum absolute atomic E-state index is 0.00742. The second-order valence-electron chi connectivity index (χ2n) is 7.51. The van der Waals surface area contributed by atoms with E-state index in [0.29, 0.717) is 31.0 Å². The fraction of sp³-hybridized carbons (Fsp3) is 0.381. The van der Waals surface area contributed by atoms with E-state index in [-0.39, 0.29) is 29.5 Å². The van der Waals surface area contributed by atoms with Crippen LogP contribution in [0.15, 0.2) is 42.5 Å². The van der Waals surface area contributed by atoms with Crippen LogP contribution in [0.3, 0.4) is 0 Å². The smallest absolute Gasteiger partial charge is 0.264 e. The lowest BCUT2D eigenvalue weighted by Gasteiger charge is -2.30. The number of hydrogen-bond donors (Lipinski definition) is 0. The monoisotopic (exact) mass is 473 g/mol. The normalized spacial score (nSPS) is 19.3. The molecule has 2 aromatic rings. The van der Waals surface area contributed by atoms with Crippen LogP contribution in [0.4, 0.5) is 4.39 Å². The summed E-state index contributed by atoms with van der Waals surface area (Å²) in [7, 11) is -3.58. The first-order valence-corrected chi connectivity index (χ1v) is 12.0. The number of nitrogens with zero attached hydrogens (tertiary/aromatic N) is 1. The summed E-state index contributed by atoms with van der Waals surface area (Å²) in [6.07, 6.45) is 1.86. The van der Waals surface area contributed by atoms with E-state index in [0.717, 1.165) is 11.8 Å². The van der Waals surface area contributed by atoms with Gasteiger partial charge >= 0.3 is 0 Å². The molecule has 30 heavy (non-hydrogen) atoms. The van der Waals surface area contributed by atoms with Crippen molar-refractivity contribution in [3.8, 4) is 0 Å². The summed E-state index contributed by atoms with van der Waals surface area (Å²) in [6.45, 7) is 0.800. The van der Waals surface area contributed by atoms with Crippen LogP contribution in [0.2, 0.25) is 10.0 Å². The van der Waals surface area contributed by atoms with Crippen LogP contribution in [0.25, 0.3) is 0 Å². The van der Waals surface area contributed by atoms with Gasteiger partial charge in [-0.25, -0.2) is 4.39 Å². The molecular formula is C21H22Cl2FNO4S. The Morgan fingerprint density at radius 3 is 2.63 bits per heavy atom. The molecule has 5 nitrogen and oxygen atoms in total. The van der Waals surface area contributed by atoms with Crippen molar-refractivity contribution >= 4 is 39.2 Å². The van der Waals surface area contributed by atoms with Gasteiger partial charge in [0.15, 0.2) is 0 Å². The maximum absolute atomic E-state index is 14.1. The van der Waals surface area contributed by atoms with Crippen LogP contribution in [0, 0.1) is 5.82 Å². The van der Waals surface area contributed by atoms with Gasteiger partial charge in [0.25, 0.3) is 10.1 Å². The first kappa shape index (κ1) is 23.0. The Kier molecular flexibility index (Phi) is 7.07. The fourth-order valence-corrected chi connectivity index (χ4v) is 4.65. The van der Waals surface area contributed by atoms with Crippen LogP contribution >= 0.6 is 23.2 Å². The van der Waals surface area contributed by atoms with Gasteiger partial charge in [0, 0.05) is 34.1 Å². The van der Waals surface area contributed by atoms with Gasteiger partial charge in [-0.3, -0.25) is 8.98 Å². The number of rotatable bonds is 7. The number of carbonyl (C=O) groups excluding carboxylic acids is 1. The summed E-state index contributed by atoms with van der Waals surface area (Å²) in [6, 6.07) is 11.6. The van der Waals surface area contributed by atoms with Gasteiger partial charge in [-0.15, -0.1) is 0 Å². The van der Waals surface area contributed by atoms with Crippen molar-refractivity contribution in [1.82, 2.24) is 4.90 Å². The number of halogens is 3. The van der Waals surface area contributed by atoms with Crippen LogP contribution in [0.1, 0.15) is 24.0 Å². The molecule has 1 unspecified atom stereocenters. The molecule has 1 aliphatic heterocycles. The summed E-state index contributed by atoms with van der Waals surface area (Å²) in [4.78, 5) is 14.5. The van der Waals surface area contributed by atoms with E-state index in [1.54, 1.807) is 17.0 Å². The first-order valence-electron chi connectivity index (χ1n) is 9.41. The molecule has 0 bridgehead atoms. The third-order valence-electron chi connectivity index (χ3n) is 5.41. The molecule has 0 spiro atoms. The van der Waals surface area contributed by atoms with Crippen LogP contribution in [-0.2, 0) is 30.9 Å². The molecule has 1 amide bonds. The zero-order valence-corrected chi connectivity index (χ0v) is 18.7. The Labute approximate surface area is 185 Å². The summed E-state index contributed by atoms with van der Waals surface area (Å²) in [5.41, 5.74) is 0.570. The van der Waals surface area contributed by atoms with Crippen LogP contribution < -0.4 is 0 Å². The van der Waals surface area contributed by atoms with E-state index in [1.165, 1.54) is 12.1 Å². The lowest BCUT2D eigenvalue weighted by molar-refractivity contribution is -0.129. The zero-order chi connectivity index (χ0) is 21.9. The van der Waals surface area contributed by atoms with Gasteiger partial charge in [0.05, 0.1) is 19.3 Å². The standard InChI is InChI=1S/C21H22Cl2FNO4S/c1-30(27,28)29-11-9-21(15-4-2-5-16(22)12-15)8-10-25(14-21)20(26)13-17-18(23)6-3-7-19(17)24/h2-7,12H,8-11,13-14H2,1H3. The van der Waals surface area contributed by atoms with Crippen LogP contribution in [-0.4, -0.2) is 45.2 Å². The third kappa shape index (κ3) is 5.52. The third-order valence-corrected chi connectivity index (χ3v) is 6.60. The van der Waals surface area contributed by atoms with E-state index in [4.69, 9.17) is 27.4 Å². The van der Waals surface area contributed by atoms with Crippen molar-refractivity contribution in [2.75, 3.05) is 26.0 Å². The quantitative estimate of drug-likeness (QED) is 0.564. The number of benzene rings is 2. The lowest BCUT2D eigenvalue weighted by Crippen LogP contribution is -2.36. The molecule has 1 saturated heterocycles. The highest BCUT2D eigenvalue weighted by atomic mass is 35.5. The molecule has 1 atom stereocenters. The lowest BCUT2D eigenvalue weighted by atomic mass is 9.77. The van der Waals surface area contributed by atoms with Gasteiger partial charge in [0.2, 0.25) is 5.91 Å². The second kappa shape index (κ2) is 9.22. The minimum Gasteiger partial charge on any atom is -0.341 e. The summed E-state index contributed by atoms with van der Waals surface area (Å²) < 4.78 is 41.8. The van der Waals surface area contributed by atoms with Crippen molar-refractivity contribution < 1.29 is 21.8 Å². The van der Waals surface area contributed by atoms with Gasteiger partial charge in [-0.05, 0) is 42.7 Å². The van der Waals surface area contributed by atoms with Crippen molar-refractivity contribution in [2.24, 2.45) is 0 Å². The van der Waals surface area contributed by atoms with Gasteiger partial charge in [0.1, 0.15) is 5.82 Å². The van der Waals surface area contributed by atoms with Gasteiger partial charge < -0.3 is 4.90 Å². The highest BCUT2D eigenvalue weighted by Gasteiger charge is 2.41. The number of amides is 1. The number of likely N-dealkylation sites (tertiary alicyclic amines) is 1. The largest absolute Gasteiger partial charge is 0.341 e. The highest BCUT2D eigenvalue weighted by Crippen LogP contribution is 2.39. The molecule has 2 aromatic carbocycles. The topological polar surface area (TPSA) is 63.7 Å². The van der Waals surface area contributed by atoms with Gasteiger partial charge in [-0.1, -0.05) is 41.4 Å². The molecule has 9 heteroatoms. The Balaban J connectivity index is 1.81. The van der Waals surface area contributed by atoms with Gasteiger partial charge in [-0.2, -0.15) is 8.42 Å². The SMILES string of the molecule is CS(=O)(=O)OCCC1(c2cccc(Cl)c2)CCN(C(=O)Cc2c(F)cccc2Cl)C1. The van der Waals surface area contributed by atoms with Crippen molar-refractivity contribution in [1.29, 1.82) is 0 Å². The van der Waals surface area contributed by atoms with E-state index in [1.807, 2.05) is 18.2 Å². The Bertz CT molecular complexity index is 1030. The Morgan fingerprint density at radius 2 is 1.97 bits per heavy atom. The molecule has 0 radical (unpaired) electrons. The van der Waals surface area contributed by atoms with E-state index >= 15 is 0 Å². The first-order chi connectivity index (χ1) is 14.1. The summed E-state index contributed by atoms with van der Waals surface area (Å²) in [5, 5.41) is 0.768.